The predicted molar refractivity (Wildman–Crippen MR) is 83.5 cm³/mol. The second-order valence-corrected chi connectivity index (χ2v) is 7.11. The maximum atomic E-state index is 3.88. The Morgan fingerprint density at radius 2 is 1.95 bits per heavy atom. The maximum Gasteiger partial charge on any atom is 0.0204 e. The normalized spacial score (nSPS) is 30.9. The van der Waals surface area contributed by atoms with Crippen LogP contribution in [0.1, 0.15) is 65.7 Å². The molecule has 2 heterocycles. The van der Waals surface area contributed by atoms with Gasteiger partial charge < -0.3 is 10.2 Å². The van der Waals surface area contributed by atoms with E-state index in [1.54, 1.807) is 0 Å². The van der Waals surface area contributed by atoms with E-state index in [0.717, 1.165) is 11.8 Å². The van der Waals surface area contributed by atoms with E-state index in [-0.39, 0.29) is 0 Å². The highest BCUT2D eigenvalue weighted by Crippen LogP contribution is 2.34. The van der Waals surface area contributed by atoms with Gasteiger partial charge in [0, 0.05) is 5.54 Å². The summed E-state index contributed by atoms with van der Waals surface area (Å²) in [5.74, 6) is 1.77. The molecule has 112 valence electrons. The molecule has 0 aromatic rings. The summed E-state index contributed by atoms with van der Waals surface area (Å²) in [5, 5.41) is 3.88. The molecule has 0 saturated carbocycles. The number of nitrogens with zero attached hydrogens (tertiary/aromatic N) is 1. The highest BCUT2D eigenvalue weighted by Gasteiger charge is 2.35. The number of piperidine rings is 2. The monoisotopic (exact) mass is 266 g/mol. The summed E-state index contributed by atoms with van der Waals surface area (Å²) in [6.45, 7) is 12.3. The van der Waals surface area contributed by atoms with Crippen LogP contribution in [0.5, 0.6) is 0 Å². The molecular formula is C17H34N2. The molecule has 0 bridgehead atoms. The fourth-order valence-corrected chi connectivity index (χ4v) is 4.04. The molecule has 0 spiro atoms. The lowest BCUT2D eigenvalue weighted by Gasteiger charge is -2.43. The van der Waals surface area contributed by atoms with Gasteiger partial charge in [-0.05, 0) is 76.5 Å². The molecule has 1 atom stereocenters. The minimum Gasteiger partial charge on any atom is -0.311 e. The quantitative estimate of drug-likeness (QED) is 0.817. The Hall–Kier alpha value is -0.0800. The van der Waals surface area contributed by atoms with E-state index in [9.17, 15) is 0 Å². The van der Waals surface area contributed by atoms with E-state index in [1.165, 1.54) is 71.1 Å². The first kappa shape index (κ1) is 15.3. The van der Waals surface area contributed by atoms with Gasteiger partial charge in [-0.2, -0.15) is 0 Å². The van der Waals surface area contributed by atoms with Gasteiger partial charge in [0.05, 0.1) is 0 Å². The Balaban J connectivity index is 1.79. The average Bonchev–Trinajstić information content (AvgIpc) is 2.46. The van der Waals surface area contributed by atoms with Gasteiger partial charge in [0.25, 0.3) is 0 Å². The Morgan fingerprint density at radius 1 is 1.21 bits per heavy atom. The summed E-state index contributed by atoms with van der Waals surface area (Å²) < 4.78 is 0. The van der Waals surface area contributed by atoms with Gasteiger partial charge >= 0.3 is 0 Å². The first-order valence-corrected chi connectivity index (χ1v) is 8.63. The molecule has 0 aromatic heterocycles. The van der Waals surface area contributed by atoms with Crippen LogP contribution >= 0.6 is 0 Å². The van der Waals surface area contributed by atoms with E-state index in [2.05, 4.69) is 31.0 Å². The number of rotatable bonds is 5. The highest BCUT2D eigenvalue weighted by molar-refractivity contribution is 4.94. The van der Waals surface area contributed by atoms with Crippen LogP contribution in [0.25, 0.3) is 0 Å². The van der Waals surface area contributed by atoms with Crippen molar-refractivity contribution < 1.29 is 0 Å². The molecule has 0 aliphatic carbocycles. The molecule has 2 rings (SSSR count). The van der Waals surface area contributed by atoms with Crippen molar-refractivity contribution in [3.63, 3.8) is 0 Å². The molecule has 0 aromatic carbocycles. The second kappa shape index (κ2) is 7.08. The van der Waals surface area contributed by atoms with Crippen molar-refractivity contribution >= 4 is 0 Å². The lowest BCUT2D eigenvalue weighted by atomic mass is 9.74. The van der Waals surface area contributed by atoms with Crippen LogP contribution < -0.4 is 5.32 Å². The molecule has 2 aliphatic heterocycles. The molecule has 1 unspecified atom stereocenters. The maximum absolute atomic E-state index is 3.88. The van der Waals surface area contributed by atoms with Crippen LogP contribution in [0.15, 0.2) is 0 Å². The van der Waals surface area contributed by atoms with Crippen LogP contribution in [-0.4, -0.2) is 36.6 Å². The predicted octanol–water partition coefficient (Wildman–Crippen LogP) is 3.67. The summed E-state index contributed by atoms with van der Waals surface area (Å²) >= 11 is 0. The average molecular weight is 266 g/mol. The first-order chi connectivity index (χ1) is 9.16. The number of hydrogen-bond acceptors (Lipinski definition) is 2. The Kier molecular flexibility index (Phi) is 5.70. The molecule has 0 radical (unpaired) electrons. The van der Waals surface area contributed by atoms with Crippen LogP contribution in [0.2, 0.25) is 0 Å². The van der Waals surface area contributed by atoms with Gasteiger partial charge in [0.1, 0.15) is 0 Å². The Bertz CT molecular complexity index is 248. The molecule has 0 amide bonds. The summed E-state index contributed by atoms with van der Waals surface area (Å²) in [6, 6.07) is 0. The van der Waals surface area contributed by atoms with Gasteiger partial charge in [0.2, 0.25) is 0 Å². The van der Waals surface area contributed by atoms with E-state index in [0.29, 0.717) is 5.54 Å². The molecule has 2 fully saturated rings. The lowest BCUT2D eigenvalue weighted by Crippen LogP contribution is -2.52. The van der Waals surface area contributed by atoms with Crippen LogP contribution in [-0.2, 0) is 0 Å². The first-order valence-electron chi connectivity index (χ1n) is 8.63. The van der Waals surface area contributed by atoms with E-state index >= 15 is 0 Å². The fraction of sp³-hybridized carbons (Fsp3) is 1.00. The third-order valence-corrected chi connectivity index (χ3v) is 5.78. The third kappa shape index (κ3) is 3.95. The standard InChI is InChI=1S/C17H34N2/c1-4-19-13-8-16(9-14-19)7-11-17(15(2)3)10-5-6-12-18-17/h15-16,18H,4-14H2,1-3H3. The second-order valence-electron chi connectivity index (χ2n) is 7.11. The molecule has 2 nitrogen and oxygen atoms in total. The van der Waals surface area contributed by atoms with Gasteiger partial charge in [-0.25, -0.2) is 0 Å². The van der Waals surface area contributed by atoms with E-state index < -0.39 is 0 Å². The van der Waals surface area contributed by atoms with Crippen molar-refractivity contribution in [2.24, 2.45) is 11.8 Å². The minimum atomic E-state index is 0.458. The van der Waals surface area contributed by atoms with E-state index in [4.69, 9.17) is 0 Å². The summed E-state index contributed by atoms with van der Waals surface area (Å²) in [7, 11) is 0. The zero-order chi connectivity index (χ0) is 13.7. The van der Waals surface area contributed by atoms with Gasteiger partial charge in [-0.3, -0.25) is 0 Å². The number of nitrogens with one attached hydrogen (secondary N) is 1. The molecule has 19 heavy (non-hydrogen) atoms. The number of hydrogen-bond donors (Lipinski definition) is 1. The summed E-state index contributed by atoms with van der Waals surface area (Å²) in [6.07, 6.45) is 9.93. The Morgan fingerprint density at radius 3 is 2.47 bits per heavy atom. The van der Waals surface area contributed by atoms with Crippen LogP contribution in [0, 0.1) is 11.8 Å². The van der Waals surface area contributed by atoms with Gasteiger partial charge in [0.15, 0.2) is 0 Å². The third-order valence-electron chi connectivity index (χ3n) is 5.78. The largest absolute Gasteiger partial charge is 0.311 e. The zero-order valence-corrected chi connectivity index (χ0v) is 13.4. The zero-order valence-electron chi connectivity index (χ0n) is 13.4. The fourth-order valence-electron chi connectivity index (χ4n) is 4.04. The van der Waals surface area contributed by atoms with Crippen molar-refractivity contribution in [3.8, 4) is 0 Å². The van der Waals surface area contributed by atoms with Gasteiger partial charge in [-0.1, -0.05) is 27.2 Å². The smallest absolute Gasteiger partial charge is 0.0204 e. The van der Waals surface area contributed by atoms with Crippen molar-refractivity contribution in [1.82, 2.24) is 10.2 Å². The molecule has 1 N–H and O–H groups in total. The van der Waals surface area contributed by atoms with Crippen molar-refractivity contribution in [2.75, 3.05) is 26.2 Å². The molecular weight excluding hydrogens is 232 g/mol. The minimum absolute atomic E-state index is 0.458. The van der Waals surface area contributed by atoms with Gasteiger partial charge in [-0.15, -0.1) is 0 Å². The SMILES string of the molecule is CCN1CCC(CCC2(C(C)C)CCCCN2)CC1. The van der Waals surface area contributed by atoms with Crippen LogP contribution in [0.4, 0.5) is 0 Å². The molecule has 2 aliphatic rings. The topological polar surface area (TPSA) is 15.3 Å². The van der Waals surface area contributed by atoms with Crippen molar-refractivity contribution in [2.45, 2.75) is 71.3 Å². The molecule has 2 heteroatoms. The van der Waals surface area contributed by atoms with E-state index in [1.807, 2.05) is 0 Å². The lowest BCUT2D eigenvalue weighted by molar-refractivity contribution is 0.135. The summed E-state index contributed by atoms with van der Waals surface area (Å²) in [4.78, 5) is 2.60. The molecule has 2 saturated heterocycles. The highest BCUT2D eigenvalue weighted by atomic mass is 15.1. The van der Waals surface area contributed by atoms with Crippen LogP contribution in [0.3, 0.4) is 0 Å². The van der Waals surface area contributed by atoms with Crippen molar-refractivity contribution in [1.29, 1.82) is 0 Å². The number of likely N-dealkylation sites (tertiary alicyclic amines) is 1. The van der Waals surface area contributed by atoms with Crippen molar-refractivity contribution in [3.05, 3.63) is 0 Å². The summed E-state index contributed by atoms with van der Waals surface area (Å²) in [5.41, 5.74) is 0.458. The Labute approximate surface area is 120 Å².